The normalized spacial score (nSPS) is 14.9. The highest BCUT2D eigenvalue weighted by Gasteiger charge is 2.35. The predicted molar refractivity (Wildman–Crippen MR) is 115 cm³/mol. The van der Waals surface area contributed by atoms with Crippen molar-refractivity contribution in [1.29, 1.82) is 0 Å². The van der Waals surface area contributed by atoms with Gasteiger partial charge in [-0.25, -0.2) is 4.39 Å². The fourth-order valence-electron chi connectivity index (χ4n) is 3.13. The summed E-state index contributed by atoms with van der Waals surface area (Å²) >= 11 is 0.736. The molecular weight excluding hydrogens is 439 g/mol. The lowest BCUT2D eigenvalue weighted by Gasteiger charge is -2.12. The number of methoxy groups -OCH3 is 1. The Kier molecular flexibility index (Phi) is 5.78. The minimum atomic E-state index is -0.547. The van der Waals surface area contributed by atoms with Crippen LogP contribution in [-0.2, 0) is 11.3 Å². The Balaban J connectivity index is 1.57. The number of non-ortho nitro benzene ring substituents is 1. The molecule has 1 aromatic heterocycles. The van der Waals surface area contributed by atoms with E-state index in [0.717, 1.165) is 16.7 Å². The summed E-state index contributed by atoms with van der Waals surface area (Å²) in [6, 6.07) is 13.3. The first-order valence-electron chi connectivity index (χ1n) is 9.29. The van der Waals surface area contributed by atoms with Crippen LogP contribution in [0.3, 0.4) is 0 Å². The number of amides is 2. The van der Waals surface area contributed by atoms with E-state index in [9.17, 15) is 24.1 Å². The van der Waals surface area contributed by atoms with Crippen LogP contribution in [0.1, 0.15) is 11.3 Å². The molecule has 10 heteroatoms. The molecule has 1 aliphatic rings. The number of carbonyl (C=O) groups excluding carboxylic acids is 2. The summed E-state index contributed by atoms with van der Waals surface area (Å²) in [5.74, 6) is -0.118. The van der Waals surface area contributed by atoms with E-state index in [1.54, 1.807) is 18.2 Å². The summed E-state index contributed by atoms with van der Waals surface area (Å²) in [7, 11) is 1.39. The third kappa shape index (κ3) is 4.12. The Bertz CT molecular complexity index is 1270. The molecule has 3 aromatic rings. The van der Waals surface area contributed by atoms with Crippen molar-refractivity contribution in [1.82, 2.24) is 4.90 Å². The van der Waals surface area contributed by atoms with Gasteiger partial charge >= 0.3 is 0 Å². The Morgan fingerprint density at radius 3 is 2.69 bits per heavy atom. The first-order valence-corrected chi connectivity index (χ1v) is 10.1. The largest absolute Gasteiger partial charge is 0.496 e. The summed E-state index contributed by atoms with van der Waals surface area (Å²) in [5.41, 5.74) is 0.605. The third-order valence-electron chi connectivity index (χ3n) is 4.72. The first-order chi connectivity index (χ1) is 15.4. The Morgan fingerprint density at radius 2 is 1.97 bits per heavy atom. The van der Waals surface area contributed by atoms with Crippen LogP contribution >= 0.6 is 11.8 Å². The maximum absolute atomic E-state index is 13.9. The van der Waals surface area contributed by atoms with Crippen LogP contribution in [0.5, 0.6) is 5.75 Å². The average molecular weight is 454 g/mol. The van der Waals surface area contributed by atoms with Crippen LogP contribution in [-0.4, -0.2) is 28.1 Å². The summed E-state index contributed by atoms with van der Waals surface area (Å²) in [5, 5.41) is 10.5. The molecule has 1 aliphatic heterocycles. The van der Waals surface area contributed by atoms with Crippen LogP contribution in [0.25, 0.3) is 17.4 Å². The van der Waals surface area contributed by atoms with Gasteiger partial charge in [-0.3, -0.25) is 24.6 Å². The van der Waals surface area contributed by atoms with Crippen molar-refractivity contribution < 1.29 is 28.1 Å². The minimum Gasteiger partial charge on any atom is -0.496 e. The zero-order chi connectivity index (χ0) is 22.8. The van der Waals surface area contributed by atoms with Crippen LogP contribution in [0, 0.1) is 15.9 Å². The highest BCUT2D eigenvalue weighted by atomic mass is 32.2. The lowest BCUT2D eigenvalue weighted by atomic mass is 10.1. The van der Waals surface area contributed by atoms with Gasteiger partial charge in [0, 0.05) is 17.7 Å². The van der Waals surface area contributed by atoms with Crippen molar-refractivity contribution in [3.8, 4) is 17.1 Å². The molecular formula is C22H15FN2O6S. The van der Waals surface area contributed by atoms with Gasteiger partial charge in [0.1, 0.15) is 23.1 Å². The van der Waals surface area contributed by atoms with Crippen molar-refractivity contribution in [2.45, 2.75) is 6.54 Å². The number of furan rings is 1. The summed E-state index contributed by atoms with van der Waals surface area (Å²) in [6.45, 7) is -0.169. The number of carbonyl (C=O) groups is 2. The molecule has 0 bridgehead atoms. The number of nitro benzene ring substituents is 1. The van der Waals surface area contributed by atoms with Gasteiger partial charge in [0.2, 0.25) is 0 Å². The van der Waals surface area contributed by atoms with Gasteiger partial charge in [-0.2, -0.15) is 0 Å². The van der Waals surface area contributed by atoms with E-state index in [0.29, 0.717) is 17.1 Å². The zero-order valence-electron chi connectivity index (χ0n) is 16.6. The van der Waals surface area contributed by atoms with Crippen LogP contribution in [0.2, 0.25) is 0 Å². The molecule has 0 unspecified atom stereocenters. The number of imide groups is 1. The van der Waals surface area contributed by atoms with Crippen LogP contribution in [0.4, 0.5) is 14.9 Å². The van der Waals surface area contributed by atoms with E-state index in [4.69, 9.17) is 9.15 Å². The average Bonchev–Trinajstić information content (AvgIpc) is 3.34. The second-order valence-corrected chi connectivity index (χ2v) is 7.70. The topological polar surface area (TPSA) is 103 Å². The molecule has 4 rings (SSSR count). The third-order valence-corrected chi connectivity index (χ3v) is 5.63. The molecule has 0 N–H and O–H groups in total. The van der Waals surface area contributed by atoms with Gasteiger partial charge in [0.25, 0.3) is 16.8 Å². The van der Waals surface area contributed by atoms with Gasteiger partial charge < -0.3 is 9.15 Å². The van der Waals surface area contributed by atoms with Gasteiger partial charge in [0.15, 0.2) is 0 Å². The standard InChI is InChI=1S/C22H15FN2O6S/c1-30-19-10-14(25(28)29)6-8-16(19)18-9-7-15(31-18)11-20-21(26)24(22(27)32-20)12-13-4-2-3-5-17(13)23/h2-11H,12H2,1H3/b20-11-. The first kappa shape index (κ1) is 21.3. The number of nitro groups is 1. The molecule has 2 amide bonds. The Morgan fingerprint density at radius 1 is 1.19 bits per heavy atom. The number of hydrogen-bond acceptors (Lipinski definition) is 7. The summed E-state index contributed by atoms with van der Waals surface area (Å²) < 4.78 is 24.9. The number of ether oxygens (including phenoxy) is 1. The van der Waals surface area contributed by atoms with Gasteiger partial charge in [-0.05, 0) is 36.0 Å². The predicted octanol–water partition coefficient (Wildman–Crippen LogP) is 5.24. The van der Waals surface area contributed by atoms with Crippen molar-refractivity contribution >= 4 is 34.7 Å². The maximum Gasteiger partial charge on any atom is 0.293 e. The fraction of sp³-hybridized carbons (Fsp3) is 0.0909. The molecule has 8 nitrogen and oxygen atoms in total. The number of hydrogen-bond donors (Lipinski definition) is 0. The molecule has 162 valence electrons. The van der Waals surface area contributed by atoms with E-state index in [1.807, 2.05) is 0 Å². The van der Waals surface area contributed by atoms with Crippen LogP contribution in [0.15, 0.2) is 63.9 Å². The summed E-state index contributed by atoms with van der Waals surface area (Å²) in [4.78, 5) is 36.5. The second kappa shape index (κ2) is 8.67. The molecule has 0 saturated carbocycles. The molecule has 0 spiro atoms. The monoisotopic (exact) mass is 454 g/mol. The van der Waals surface area contributed by atoms with E-state index in [2.05, 4.69) is 0 Å². The van der Waals surface area contributed by atoms with E-state index < -0.39 is 21.9 Å². The molecule has 1 saturated heterocycles. The minimum absolute atomic E-state index is 0.124. The highest BCUT2D eigenvalue weighted by molar-refractivity contribution is 8.18. The number of halogens is 1. The van der Waals surface area contributed by atoms with E-state index in [-0.39, 0.29) is 28.5 Å². The Labute approximate surface area is 185 Å². The molecule has 1 fully saturated rings. The number of nitrogens with zero attached hydrogens (tertiary/aromatic N) is 2. The SMILES string of the molecule is COc1cc([N+](=O)[O-])ccc1-c1ccc(/C=C2\SC(=O)N(Cc3ccccc3F)C2=O)o1. The van der Waals surface area contributed by atoms with Crippen molar-refractivity contribution in [2.24, 2.45) is 0 Å². The Hall–Kier alpha value is -3.92. The highest BCUT2D eigenvalue weighted by Crippen LogP contribution is 2.37. The smallest absolute Gasteiger partial charge is 0.293 e. The molecule has 0 radical (unpaired) electrons. The number of thioether (sulfide) groups is 1. The molecule has 2 heterocycles. The van der Waals surface area contributed by atoms with E-state index >= 15 is 0 Å². The van der Waals surface area contributed by atoms with E-state index in [1.165, 1.54) is 49.6 Å². The zero-order valence-corrected chi connectivity index (χ0v) is 17.4. The summed E-state index contributed by atoms with van der Waals surface area (Å²) in [6.07, 6.45) is 1.42. The van der Waals surface area contributed by atoms with Gasteiger partial charge in [-0.15, -0.1) is 0 Å². The van der Waals surface area contributed by atoms with Crippen LogP contribution < -0.4 is 4.74 Å². The van der Waals surface area contributed by atoms with Crippen molar-refractivity contribution in [3.05, 3.63) is 86.8 Å². The number of benzene rings is 2. The molecule has 2 aromatic carbocycles. The maximum atomic E-state index is 13.9. The molecule has 0 aliphatic carbocycles. The lowest BCUT2D eigenvalue weighted by Crippen LogP contribution is -2.27. The van der Waals surface area contributed by atoms with Gasteiger partial charge in [0.05, 0.1) is 35.1 Å². The molecule has 0 atom stereocenters. The fourth-order valence-corrected chi connectivity index (χ4v) is 3.95. The lowest BCUT2D eigenvalue weighted by molar-refractivity contribution is -0.384. The van der Waals surface area contributed by atoms with Crippen molar-refractivity contribution in [2.75, 3.05) is 7.11 Å². The van der Waals surface area contributed by atoms with Gasteiger partial charge in [-0.1, -0.05) is 18.2 Å². The number of rotatable bonds is 6. The quantitative estimate of drug-likeness (QED) is 0.285. The molecule has 32 heavy (non-hydrogen) atoms. The second-order valence-electron chi connectivity index (χ2n) is 6.70. The van der Waals surface area contributed by atoms with Crippen molar-refractivity contribution in [3.63, 3.8) is 0 Å².